The zero-order chi connectivity index (χ0) is 17.9. The van der Waals surface area contributed by atoms with E-state index in [4.69, 9.17) is 10.2 Å². The first-order chi connectivity index (χ1) is 11.4. The molecule has 2 aromatic rings. The van der Waals surface area contributed by atoms with Crippen molar-refractivity contribution in [1.82, 2.24) is 9.97 Å². The summed E-state index contributed by atoms with van der Waals surface area (Å²) in [6, 6.07) is 9.17. The van der Waals surface area contributed by atoms with E-state index < -0.39 is 11.9 Å². The molecule has 2 aromatic heterocycles. The topological polar surface area (TPSA) is 100 Å². The number of carboxylic acid groups (broad SMARTS) is 2. The minimum Gasteiger partial charge on any atom is -0.481 e. The van der Waals surface area contributed by atoms with Gasteiger partial charge in [-0.2, -0.15) is 0 Å². The summed E-state index contributed by atoms with van der Waals surface area (Å²) in [6.45, 7) is 3.37. The van der Waals surface area contributed by atoms with E-state index in [1.807, 2.05) is 30.3 Å². The van der Waals surface area contributed by atoms with E-state index in [2.05, 4.69) is 9.97 Å². The van der Waals surface area contributed by atoms with E-state index in [1.165, 1.54) is 0 Å². The van der Waals surface area contributed by atoms with Gasteiger partial charge in [0, 0.05) is 30.7 Å². The van der Waals surface area contributed by atoms with Gasteiger partial charge in [-0.15, -0.1) is 0 Å². The summed E-state index contributed by atoms with van der Waals surface area (Å²) in [5, 5.41) is 17.2. The summed E-state index contributed by atoms with van der Waals surface area (Å²) in [7, 11) is 0. The van der Waals surface area contributed by atoms with E-state index in [0.717, 1.165) is 11.3 Å². The fraction of sp³-hybridized carbons (Fsp3) is 0.333. The first kappa shape index (κ1) is 19.3. The van der Waals surface area contributed by atoms with E-state index in [-0.39, 0.29) is 11.8 Å². The third-order valence-corrected chi connectivity index (χ3v) is 3.38. The Morgan fingerprint density at radius 3 is 2.00 bits per heavy atom. The molecule has 0 amide bonds. The number of aliphatic carboxylic acids is 2. The standard InChI is InChI=1S/2C9H11NO2/c1-7(9(11)12)6-8-2-4-10-5-3-8;1-7(9(11)12)6-8-4-2-3-5-10-8/h2*2-5,7H,6H2,1H3,(H,11,12). The van der Waals surface area contributed by atoms with Gasteiger partial charge in [-0.1, -0.05) is 19.9 Å². The van der Waals surface area contributed by atoms with Crippen molar-refractivity contribution in [2.45, 2.75) is 26.7 Å². The lowest BCUT2D eigenvalue weighted by molar-refractivity contribution is -0.142. The van der Waals surface area contributed by atoms with Crippen molar-refractivity contribution in [2.24, 2.45) is 11.8 Å². The molecule has 6 nitrogen and oxygen atoms in total. The molecule has 2 N–H and O–H groups in total. The number of hydrogen-bond acceptors (Lipinski definition) is 4. The number of rotatable bonds is 6. The Morgan fingerprint density at radius 1 is 0.917 bits per heavy atom. The summed E-state index contributed by atoms with van der Waals surface area (Å²) in [5.41, 5.74) is 1.84. The van der Waals surface area contributed by atoms with Crippen LogP contribution in [-0.4, -0.2) is 32.1 Å². The predicted octanol–water partition coefficient (Wildman–Crippen LogP) is 2.69. The van der Waals surface area contributed by atoms with Gasteiger partial charge in [-0.05, 0) is 36.2 Å². The SMILES string of the molecule is CC(Cc1ccccn1)C(=O)O.CC(Cc1ccncc1)C(=O)O. The molecule has 0 aliphatic heterocycles. The highest BCUT2D eigenvalue weighted by molar-refractivity contribution is 5.70. The van der Waals surface area contributed by atoms with Gasteiger partial charge in [-0.25, -0.2) is 0 Å². The summed E-state index contributed by atoms with van der Waals surface area (Å²) in [6.07, 6.45) is 6.08. The van der Waals surface area contributed by atoms with Crippen LogP contribution in [0.4, 0.5) is 0 Å². The monoisotopic (exact) mass is 330 g/mol. The molecule has 24 heavy (non-hydrogen) atoms. The van der Waals surface area contributed by atoms with Crippen molar-refractivity contribution in [1.29, 1.82) is 0 Å². The van der Waals surface area contributed by atoms with Crippen molar-refractivity contribution in [2.75, 3.05) is 0 Å². The van der Waals surface area contributed by atoms with Gasteiger partial charge in [-0.3, -0.25) is 19.6 Å². The first-order valence-electron chi connectivity index (χ1n) is 7.64. The quantitative estimate of drug-likeness (QED) is 0.844. The molecule has 6 heteroatoms. The van der Waals surface area contributed by atoms with Gasteiger partial charge in [0.05, 0.1) is 11.8 Å². The van der Waals surface area contributed by atoms with Gasteiger partial charge >= 0.3 is 11.9 Å². The second-order valence-corrected chi connectivity index (χ2v) is 5.56. The van der Waals surface area contributed by atoms with Gasteiger partial charge in [0.25, 0.3) is 0 Å². The smallest absolute Gasteiger partial charge is 0.306 e. The lowest BCUT2D eigenvalue weighted by Crippen LogP contribution is -2.12. The van der Waals surface area contributed by atoms with Crippen LogP contribution in [0.25, 0.3) is 0 Å². The molecule has 0 bridgehead atoms. The summed E-state index contributed by atoms with van der Waals surface area (Å²) < 4.78 is 0. The van der Waals surface area contributed by atoms with E-state index in [0.29, 0.717) is 12.8 Å². The van der Waals surface area contributed by atoms with Crippen LogP contribution >= 0.6 is 0 Å². The average Bonchev–Trinajstić information content (AvgIpc) is 2.57. The van der Waals surface area contributed by atoms with E-state index in [9.17, 15) is 9.59 Å². The van der Waals surface area contributed by atoms with Crippen LogP contribution in [0.2, 0.25) is 0 Å². The molecule has 0 aliphatic carbocycles. The van der Waals surface area contributed by atoms with Crippen molar-refractivity contribution < 1.29 is 19.8 Å². The number of carbonyl (C=O) groups is 2. The van der Waals surface area contributed by atoms with Crippen molar-refractivity contribution >= 4 is 11.9 Å². The lowest BCUT2D eigenvalue weighted by Gasteiger charge is -2.04. The molecule has 0 saturated heterocycles. The van der Waals surface area contributed by atoms with Crippen LogP contribution in [-0.2, 0) is 22.4 Å². The largest absolute Gasteiger partial charge is 0.481 e. The molecule has 2 rings (SSSR count). The molecule has 0 fully saturated rings. The summed E-state index contributed by atoms with van der Waals surface area (Å²) in [5.74, 6) is -2.22. The molecule has 0 aromatic carbocycles. The average molecular weight is 330 g/mol. The third kappa shape index (κ3) is 7.49. The molecule has 2 heterocycles. The Balaban J connectivity index is 0.000000240. The molecule has 0 radical (unpaired) electrons. The molecule has 2 atom stereocenters. The predicted molar refractivity (Wildman–Crippen MR) is 89.5 cm³/mol. The van der Waals surface area contributed by atoms with Crippen LogP contribution in [0.3, 0.4) is 0 Å². The molecular formula is C18H22N2O4. The minimum absolute atomic E-state index is 0.326. The minimum atomic E-state index is -0.777. The second kappa shape index (κ2) is 10.1. The fourth-order valence-corrected chi connectivity index (χ4v) is 1.88. The zero-order valence-corrected chi connectivity index (χ0v) is 13.8. The highest BCUT2D eigenvalue weighted by Crippen LogP contribution is 2.06. The Bertz CT molecular complexity index is 574. The Morgan fingerprint density at radius 2 is 1.50 bits per heavy atom. The highest BCUT2D eigenvalue weighted by Gasteiger charge is 2.11. The second-order valence-electron chi connectivity index (χ2n) is 5.56. The van der Waals surface area contributed by atoms with Gasteiger partial charge in [0.1, 0.15) is 0 Å². The summed E-state index contributed by atoms with van der Waals surface area (Å²) in [4.78, 5) is 28.9. The Labute approximate surface area is 141 Å². The van der Waals surface area contributed by atoms with Gasteiger partial charge in [0.2, 0.25) is 0 Å². The molecule has 2 unspecified atom stereocenters. The molecule has 0 saturated carbocycles. The van der Waals surface area contributed by atoms with Crippen molar-refractivity contribution in [3.05, 3.63) is 60.2 Å². The normalized spacial score (nSPS) is 12.4. The molecule has 0 aliphatic rings. The van der Waals surface area contributed by atoms with Crippen LogP contribution in [0, 0.1) is 11.8 Å². The fourth-order valence-electron chi connectivity index (χ4n) is 1.88. The van der Waals surface area contributed by atoms with Crippen LogP contribution in [0.1, 0.15) is 25.1 Å². The Kier molecular flexibility index (Phi) is 8.11. The Hall–Kier alpha value is -2.76. The van der Waals surface area contributed by atoms with Crippen molar-refractivity contribution in [3.63, 3.8) is 0 Å². The maximum absolute atomic E-state index is 10.5. The number of hydrogen-bond donors (Lipinski definition) is 2. The van der Waals surface area contributed by atoms with Crippen molar-refractivity contribution in [3.8, 4) is 0 Å². The highest BCUT2D eigenvalue weighted by atomic mass is 16.4. The molecule has 0 spiro atoms. The number of pyridine rings is 2. The van der Waals surface area contributed by atoms with Gasteiger partial charge < -0.3 is 10.2 Å². The van der Waals surface area contributed by atoms with Crippen LogP contribution in [0.5, 0.6) is 0 Å². The lowest BCUT2D eigenvalue weighted by atomic mass is 10.0. The maximum atomic E-state index is 10.5. The maximum Gasteiger partial charge on any atom is 0.306 e. The van der Waals surface area contributed by atoms with E-state index >= 15 is 0 Å². The molecule has 128 valence electrons. The number of carboxylic acids is 2. The molecular weight excluding hydrogens is 308 g/mol. The third-order valence-electron chi connectivity index (χ3n) is 3.38. The van der Waals surface area contributed by atoms with Crippen LogP contribution < -0.4 is 0 Å². The number of aromatic nitrogens is 2. The zero-order valence-electron chi connectivity index (χ0n) is 13.8. The van der Waals surface area contributed by atoms with Gasteiger partial charge in [0.15, 0.2) is 0 Å². The first-order valence-corrected chi connectivity index (χ1v) is 7.64. The number of nitrogens with zero attached hydrogens (tertiary/aromatic N) is 2. The van der Waals surface area contributed by atoms with E-state index in [1.54, 1.807) is 32.4 Å². The summed E-state index contributed by atoms with van der Waals surface area (Å²) >= 11 is 0. The van der Waals surface area contributed by atoms with Crippen LogP contribution in [0.15, 0.2) is 48.9 Å².